The van der Waals surface area contributed by atoms with Gasteiger partial charge in [0.2, 0.25) is 0 Å². The van der Waals surface area contributed by atoms with Crippen LogP contribution in [0.5, 0.6) is 0 Å². The molecule has 0 N–H and O–H groups in total. The van der Waals surface area contributed by atoms with Crippen LogP contribution in [0.2, 0.25) is 0 Å². The zero-order chi connectivity index (χ0) is 12.9. The molecule has 2 aromatic carbocycles. The predicted molar refractivity (Wildman–Crippen MR) is 79.5 cm³/mol. The molecule has 0 saturated heterocycles. The molecule has 1 aromatic heterocycles. The van der Waals surface area contributed by atoms with Gasteiger partial charge < -0.3 is 4.42 Å². The second-order valence-electron chi connectivity index (χ2n) is 4.31. The Morgan fingerprint density at radius 2 is 1.37 bits per heavy atom. The van der Waals surface area contributed by atoms with Gasteiger partial charge in [-0.25, -0.2) is 0 Å². The number of benzene rings is 2. The molecule has 1 heteroatoms. The van der Waals surface area contributed by atoms with Crippen molar-refractivity contribution in [3.63, 3.8) is 0 Å². The first-order valence-electron chi connectivity index (χ1n) is 6.29. The molecule has 0 radical (unpaired) electrons. The zero-order valence-electron chi connectivity index (χ0n) is 10.5. The molecule has 0 amide bonds. The van der Waals surface area contributed by atoms with Gasteiger partial charge in [0, 0.05) is 5.56 Å². The van der Waals surface area contributed by atoms with Gasteiger partial charge in [0.15, 0.2) is 0 Å². The van der Waals surface area contributed by atoms with Crippen LogP contribution in [0.4, 0.5) is 0 Å². The monoisotopic (exact) mass is 246 g/mol. The minimum absolute atomic E-state index is 0.884. The van der Waals surface area contributed by atoms with Gasteiger partial charge in [-0.05, 0) is 23.3 Å². The van der Waals surface area contributed by atoms with E-state index in [2.05, 4.69) is 30.3 Å². The van der Waals surface area contributed by atoms with Crippen molar-refractivity contribution in [2.45, 2.75) is 0 Å². The first kappa shape index (κ1) is 11.5. The summed E-state index contributed by atoms with van der Waals surface area (Å²) in [6.07, 6.45) is 5.80. The smallest absolute Gasteiger partial charge is 0.134 e. The quantitative estimate of drug-likeness (QED) is 0.625. The molecule has 0 fully saturated rings. The third-order valence-corrected chi connectivity index (χ3v) is 3.01. The molecular formula is C18H14O. The van der Waals surface area contributed by atoms with E-state index in [1.54, 1.807) is 6.26 Å². The fourth-order valence-electron chi connectivity index (χ4n) is 2.04. The molecule has 0 atom stereocenters. The van der Waals surface area contributed by atoms with E-state index >= 15 is 0 Å². The number of hydrogen-bond donors (Lipinski definition) is 0. The first-order chi connectivity index (χ1) is 9.43. The lowest BCUT2D eigenvalue weighted by molar-refractivity contribution is 0.558. The summed E-state index contributed by atoms with van der Waals surface area (Å²) in [7, 11) is 0. The van der Waals surface area contributed by atoms with Crippen LogP contribution >= 0.6 is 0 Å². The summed E-state index contributed by atoms with van der Waals surface area (Å²) in [5.41, 5.74) is 3.45. The maximum atomic E-state index is 5.55. The predicted octanol–water partition coefficient (Wildman–Crippen LogP) is 5.12. The molecule has 0 saturated carbocycles. The molecule has 3 aromatic rings. The van der Waals surface area contributed by atoms with E-state index in [1.807, 2.05) is 48.5 Å². The van der Waals surface area contributed by atoms with E-state index < -0.39 is 0 Å². The van der Waals surface area contributed by atoms with E-state index in [-0.39, 0.29) is 0 Å². The lowest BCUT2D eigenvalue weighted by Gasteiger charge is -1.98. The lowest BCUT2D eigenvalue weighted by Crippen LogP contribution is -1.76. The van der Waals surface area contributed by atoms with Gasteiger partial charge in [-0.15, -0.1) is 0 Å². The molecule has 1 nitrogen and oxygen atoms in total. The molecule has 0 spiro atoms. The summed E-state index contributed by atoms with van der Waals surface area (Å²) in [5, 5.41) is 0. The maximum Gasteiger partial charge on any atom is 0.134 e. The molecule has 0 bridgehead atoms. The van der Waals surface area contributed by atoms with Crippen molar-refractivity contribution < 1.29 is 4.42 Å². The van der Waals surface area contributed by atoms with Crippen molar-refractivity contribution >= 4 is 12.2 Å². The summed E-state index contributed by atoms with van der Waals surface area (Å²) < 4.78 is 5.55. The third-order valence-electron chi connectivity index (χ3n) is 3.01. The standard InChI is InChI=1S/C18H14O/c1-3-7-15(8-4-1)11-12-18-17(13-14-19-18)16-9-5-2-6-10-16/h1-14H/b12-11+. The van der Waals surface area contributed by atoms with Gasteiger partial charge in [0.1, 0.15) is 5.76 Å². The highest BCUT2D eigenvalue weighted by Crippen LogP contribution is 2.26. The maximum absolute atomic E-state index is 5.55. The van der Waals surface area contributed by atoms with Gasteiger partial charge in [0.25, 0.3) is 0 Å². The van der Waals surface area contributed by atoms with Crippen LogP contribution in [0, 0.1) is 0 Å². The number of furan rings is 1. The molecule has 0 aliphatic carbocycles. The highest BCUT2D eigenvalue weighted by atomic mass is 16.3. The highest BCUT2D eigenvalue weighted by Gasteiger charge is 2.04. The molecular weight excluding hydrogens is 232 g/mol. The van der Waals surface area contributed by atoms with Crippen LogP contribution in [0.25, 0.3) is 23.3 Å². The summed E-state index contributed by atoms with van der Waals surface area (Å²) in [6.45, 7) is 0. The zero-order valence-corrected chi connectivity index (χ0v) is 10.5. The second-order valence-corrected chi connectivity index (χ2v) is 4.31. The van der Waals surface area contributed by atoms with Crippen LogP contribution in [0.1, 0.15) is 11.3 Å². The topological polar surface area (TPSA) is 13.1 Å². The Hall–Kier alpha value is -2.54. The van der Waals surface area contributed by atoms with Crippen molar-refractivity contribution in [3.8, 4) is 11.1 Å². The fourth-order valence-corrected chi connectivity index (χ4v) is 2.04. The van der Waals surface area contributed by atoms with Crippen molar-refractivity contribution in [1.29, 1.82) is 0 Å². The molecule has 0 aliphatic rings. The Kier molecular flexibility index (Phi) is 3.28. The third kappa shape index (κ3) is 2.66. The van der Waals surface area contributed by atoms with Crippen LogP contribution in [0.3, 0.4) is 0 Å². The fraction of sp³-hybridized carbons (Fsp3) is 0. The van der Waals surface area contributed by atoms with Gasteiger partial charge in [0.05, 0.1) is 6.26 Å². The Labute approximate surface area is 112 Å². The van der Waals surface area contributed by atoms with E-state index in [9.17, 15) is 0 Å². The van der Waals surface area contributed by atoms with Gasteiger partial charge in [-0.1, -0.05) is 66.7 Å². The van der Waals surface area contributed by atoms with Gasteiger partial charge in [-0.3, -0.25) is 0 Å². The largest absolute Gasteiger partial charge is 0.464 e. The highest BCUT2D eigenvalue weighted by molar-refractivity contribution is 5.78. The molecule has 3 rings (SSSR count). The van der Waals surface area contributed by atoms with Gasteiger partial charge in [-0.2, -0.15) is 0 Å². The van der Waals surface area contributed by atoms with E-state index in [0.29, 0.717) is 0 Å². The van der Waals surface area contributed by atoms with Crippen molar-refractivity contribution in [2.24, 2.45) is 0 Å². The van der Waals surface area contributed by atoms with Crippen molar-refractivity contribution in [1.82, 2.24) is 0 Å². The van der Waals surface area contributed by atoms with Crippen LogP contribution < -0.4 is 0 Å². The van der Waals surface area contributed by atoms with E-state index in [4.69, 9.17) is 4.42 Å². The Bertz CT molecular complexity index is 663. The number of rotatable bonds is 3. The number of hydrogen-bond acceptors (Lipinski definition) is 1. The molecule has 92 valence electrons. The molecule has 19 heavy (non-hydrogen) atoms. The minimum Gasteiger partial charge on any atom is -0.464 e. The van der Waals surface area contributed by atoms with Crippen molar-refractivity contribution in [3.05, 3.63) is 84.3 Å². The van der Waals surface area contributed by atoms with Gasteiger partial charge >= 0.3 is 0 Å². The average molecular weight is 246 g/mol. The molecule has 0 aliphatic heterocycles. The lowest BCUT2D eigenvalue weighted by atomic mass is 10.1. The van der Waals surface area contributed by atoms with E-state index in [0.717, 1.165) is 16.9 Å². The molecule has 1 heterocycles. The second kappa shape index (κ2) is 5.40. The Morgan fingerprint density at radius 3 is 2.11 bits per heavy atom. The first-order valence-corrected chi connectivity index (χ1v) is 6.29. The van der Waals surface area contributed by atoms with Crippen LogP contribution in [0.15, 0.2) is 77.4 Å². The Morgan fingerprint density at radius 1 is 0.684 bits per heavy atom. The van der Waals surface area contributed by atoms with Crippen LogP contribution in [-0.2, 0) is 0 Å². The summed E-state index contributed by atoms with van der Waals surface area (Å²) in [6, 6.07) is 22.5. The normalized spacial score (nSPS) is 10.9. The molecule has 0 unspecified atom stereocenters. The van der Waals surface area contributed by atoms with Crippen molar-refractivity contribution in [2.75, 3.05) is 0 Å². The summed E-state index contributed by atoms with van der Waals surface area (Å²) >= 11 is 0. The van der Waals surface area contributed by atoms with Crippen LogP contribution in [-0.4, -0.2) is 0 Å². The SMILES string of the molecule is C(=C\c1occc1-c1ccccc1)/c1ccccc1. The summed E-state index contributed by atoms with van der Waals surface area (Å²) in [5.74, 6) is 0.884. The average Bonchev–Trinajstić information content (AvgIpc) is 2.95. The van der Waals surface area contributed by atoms with E-state index in [1.165, 1.54) is 5.56 Å². The summed E-state index contributed by atoms with van der Waals surface area (Å²) in [4.78, 5) is 0. The minimum atomic E-state index is 0.884. The Balaban J connectivity index is 1.91.